The van der Waals surface area contributed by atoms with E-state index in [0.29, 0.717) is 11.7 Å². The van der Waals surface area contributed by atoms with Crippen molar-refractivity contribution in [2.75, 3.05) is 0 Å². The van der Waals surface area contributed by atoms with E-state index in [2.05, 4.69) is 45.6 Å². The van der Waals surface area contributed by atoms with Crippen molar-refractivity contribution in [2.24, 2.45) is 5.92 Å². The standard InChI is InChI=1S/C17H30OSi/c1-14(15(2)12-13-19(3,4)5)10-11-16-8-6-7-9-17(16)18/h8,12,14H,6-7,9-11,13H2,1-5H3/b15-12+. The first kappa shape index (κ1) is 16.4. The van der Waals surface area contributed by atoms with Crippen LogP contribution in [0, 0.1) is 5.92 Å². The van der Waals surface area contributed by atoms with Gasteiger partial charge in [0, 0.05) is 14.5 Å². The van der Waals surface area contributed by atoms with Crippen molar-refractivity contribution in [3.63, 3.8) is 0 Å². The Morgan fingerprint density at radius 3 is 2.68 bits per heavy atom. The number of rotatable bonds is 6. The van der Waals surface area contributed by atoms with Crippen LogP contribution in [0.25, 0.3) is 0 Å². The highest BCUT2D eigenvalue weighted by atomic mass is 28.3. The van der Waals surface area contributed by atoms with E-state index in [1.54, 1.807) is 0 Å². The lowest BCUT2D eigenvalue weighted by atomic mass is 9.89. The van der Waals surface area contributed by atoms with Crippen LogP contribution in [0.2, 0.25) is 25.7 Å². The molecule has 1 rings (SSSR count). The van der Waals surface area contributed by atoms with Crippen molar-refractivity contribution in [3.8, 4) is 0 Å². The van der Waals surface area contributed by atoms with Gasteiger partial charge in [0.15, 0.2) is 5.78 Å². The Kier molecular flexibility index (Phi) is 6.25. The van der Waals surface area contributed by atoms with Crippen LogP contribution < -0.4 is 0 Å². The Hall–Kier alpha value is -0.633. The molecule has 1 aliphatic carbocycles. The molecule has 1 atom stereocenters. The van der Waals surface area contributed by atoms with Gasteiger partial charge in [-0.2, -0.15) is 0 Å². The Morgan fingerprint density at radius 2 is 2.11 bits per heavy atom. The first-order valence-corrected chi connectivity index (χ1v) is 11.4. The zero-order valence-electron chi connectivity index (χ0n) is 13.4. The average Bonchev–Trinajstić information content (AvgIpc) is 2.33. The Labute approximate surface area is 120 Å². The van der Waals surface area contributed by atoms with Crippen molar-refractivity contribution in [1.82, 2.24) is 0 Å². The fourth-order valence-electron chi connectivity index (χ4n) is 2.32. The third-order valence-electron chi connectivity index (χ3n) is 4.02. The molecule has 0 aromatic rings. The monoisotopic (exact) mass is 278 g/mol. The van der Waals surface area contributed by atoms with E-state index in [0.717, 1.165) is 37.7 Å². The van der Waals surface area contributed by atoms with Gasteiger partial charge in [-0.25, -0.2) is 0 Å². The van der Waals surface area contributed by atoms with Gasteiger partial charge in [-0.1, -0.05) is 44.3 Å². The van der Waals surface area contributed by atoms with E-state index in [1.165, 1.54) is 11.6 Å². The largest absolute Gasteiger partial charge is 0.295 e. The number of carbonyl (C=O) groups is 1. The number of ketones is 1. The Morgan fingerprint density at radius 1 is 1.42 bits per heavy atom. The van der Waals surface area contributed by atoms with Gasteiger partial charge in [-0.3, -0.25) is 4.79 Å². The van der Waals surface area contributed by atoms with E-state index in [-0.39, 0.29) is 0 Å². The molecule has 0 N–H and O–H groups in total. The minimum atomic E-state index is -0.974. The fourth-order valence-corrected chi connectivity index (χ4v) is 3.26. The summed E-state index contributed by atoms with van der Waals surface area (Å²) in [5.41, 5.74) is 2.60. The van der Waals surface area contributed by atoms with Gasteiger partial charge in [0.1, 0.15) is 0 Å². The number of carbonyl (C=O) groups excluding carboxylic acids is 1. The van der Waals surface area contributed by atoms with Gasteiger partial charge < -0.3 is 0 Å². The van der Waals surface area contributed by atoms with Crippen LogP contribution in [-0.4, -0.2) is 13.9 Å². The van der Waals surface area contributed by atoms with E-state index >= 15 is 0 Å². The Bertz CT molecular complexity index is 371. The molecule has 0 bridgehead atoms. The van der Waals surface area contributed by atoms with Crippen LogP contribution in [0.4, 0.5) is 0 Å². The molecule has 108 valence electrons. The molecule has 0 saturated heterocycles. The van der Waals surface area contributed by atoms with Gasteiger partial charge >= 0.3 is 0 Å². The summed E-state index contributed by atoms with van der Waals surface area (Å²) in [5.74, 6) is 0.995. The number of hydrogen-bond acceptors (Lipinski definition) is 1. The van der Waals surface area contributed by atoms with Crippen molar-refractivity contribution >= 4 is 13.9 Å². The number of Topliss-reactive ketones (excluding diaryl/α,β-unsaturated/α-hetero) is 1. The zero-order chi connectivity index (χ0) is 14.5. The molecule has 0 spiro atoms. The molecule has 0 saturated carbocycles. The second-order valence-electron chi connectivity index (χ2n) is 7.20. The molecule has 0 fully saturated rings. The quantitative estimate of drug-likeness (QED) is 0.472. The minimum Gasteiger partial charge on any atom is -0.295 e. The second kappa shape index (κ2) is 7.23. The van der Waals surface area contributed by atoms with Crippen molar-refractivity contribution in [3.05, 3.63) is 23.3 Å². The molecule has 0 amide bonds. The smallest absolute Gasteiger partial charge is 0.158 e. The summed E-state index contributed by atoms with van der Waals surface area (Å²) in [6, 6.07) is 1.27. The predicted octanol–water partition coefficient (Wildman–Crippen LogP) is 5.37. The highest BCUT2D eigenvalue weighted by Crippen LogP contribution is 2.24. The van der Waals surface area contributed by atoms with Crippen LogP contribution >= 0.6 is 0 Å². The summed E-state index contributed by atoms with van der Waals surface area (Å²) >= 11 is 0. The SMILES string of the molecule is C/C(=C\C[Si](C)(C)C)C(C)CCC1=CCCCC1=O. The molecule has 0 aromatic heterocycles. The van der Waals surface area contributed by atoms with Gasteiger partial charge in [0.2, 0.25) is 0 Å². The molecular formula is C17H30OSi. The van der Waals surface area contributed by atoms with Gasteiger partial charge in [0.25, 0.3) is 0 Å². The van der Waals surface area contributed by atoms with Gasteiger partial charge in [-0.05, 0) is 50.1 Å². The van der Waals surface area contributed by atoms with Crippen LogP contribution in [0.1, 0.15) is 46.0 Å². The molecule has 1 aliphatic rings. The lowest BCUT2D eigenvalue weighted by Gasteiger charge is -2.18. The summed E-state index contributed by atoms with van der Waals surface area (Å²) in [7, 11) is -0.974. The van der Waals surface area contributed by atoms with Gasteiger partial charge in [-0.15, -0.1) is 0 Å². The highest BCUT2D eigenvalue weighted by molar-refractivity contribution is 6.76. The summed E-state index contributed by atoms with van der Waals surface area (Å²) in [5, 5.41) is 0. The predicted molar refractivity (Wildman–Crippen MR) is 87.2 cm³/mol. The summed E-state index contributed by atoms with van der Waals surface area (Å²) < 4.78 is 0. The maximum Gasteiger partial charge on any atom is 0.158 e. The number of hydrogen-bond donors (Lipinski definition) is 0. The first-order chi connectivity index (χ1) is 8.79. The van der Waals surface area contributed by atoms with Crippen LogP contribution in [0.5, 0.6) is 0 Å². The Balaban J connectivity index is 2.44. The molecule has 0 heterocycles. The van der Waals surface area contributed by atoms with Crippen LogP contribution in [0.3, 0.4) is 0 Å². The molecule has 1 nitrogen and oxygen atoms in total. The lowest BCUT2D eigenvalue weighted by molar-refractivity contribution is -0.116. The first-order valence-electron chi connectivity index (χ1n) is 7.68. The molecule has 0 aromatic carbocycles. The van der Waals surface area contributed by atoms with Crippen molar-refractivity contribution in [2.45, 2.75) is 71.6 Å². The third-order valence-corrected chi connectivity index (χ3v) is 5.45. The van der Waals surface area contributed by atoms with E-state index in [1.807, 2.05) is 0 Å². The summed E-state index contributed by atoms with van der Waals surface area (Å²) in [4.78, 5) is 11.8. The normalized spacial score (nSPS) is 19.3. The maximum atomic E-state index is 11.8. The topological polar surface area (TPSA) is 17.1 Å². The molecule has 1 unspecified atom stereocenters. The van der Waals surface area contributed by atoms with Crippen molar-refractivity contribution < 1.29 is 4.79 Å². The lowest BCUT2D eigenvalue weighted by Crippen LogP contribution is -2.18. The molecule has 0 radical (unpaired) electrons. The average molecular weight is 279 g/mol. The van der Waals surface area contributed by atoms with Crippen LogP contribution in [0.15, 0.2) is 23.3 Å². The number of allylic oxidation sites excluding steroid dienone is 4. The molecule has 0 aliphatic heterocycles. The van der Waals surface area contributed by atoms with E-state index < -0.39 is 8.07 Å². The molecular weight excluding hydrogens is 248 g/mol. The highest BCUT2D eigenvalue weighted by Gasteiger charge is 2.15. The zero-order valence-corrected chi connectivity index (χ0v) is 14.4. The molecule has 19 heavy (non-hydrogen) atoms. The van der Waals surface area contributed by atoms with Gasteiger partial charge in [0.05, 0.1) is 0 Å². The maximum absolute atomic E-state index is 11.8. The second-order valence-corrected chi connectivity index (χ2v) is 12.7. The van der Waals surface area contributed by atoms with E-state index in [9.17, 15) is 4.79 Å². The summed E-state index contributed by atoms with van der Waals surface area (Å²) in [6.45, 7) is 11.8. The minimum absolute atomic E-state index is 0.391. The van der Waals surface area contributed by atoms with Crippen LogP contribution in [-0.2, 0) is 4.79 Å². The molecule has 2 heteroatoms. The fraction of sp³-hybridized carbons (Fsp3) is 0.706. The van der Waals surface area contributed by atoms with Crippen molar-refractivity contribution in [1.29, 1.82) is 0 Å². The summed E-state index contributed by atoms with van der Waals surface area (Å²) in [6.07, 6.45) is 9.61. The van der Waals surface area contributed by atoms with E-state index in [4.69, 9.17) is 0 Å². The third kappa shape index (κ3) is 6.37.